The van der Waals surface area contributed by atoms with E-state index in [0.717, 1.165) is 12.8 Å². The summed E-state index contributed by atoms with van der Waals surface area (Å²) in [5.74, 6) is 0.541. The number of nitrogens with one attached hydrogen (secondary N) is 1. The maximum absolute atomic E-state index is 12.5. The molecule has 96 valence electrons. The summed E-state index contributed by atoms with van der Waals surface area (Å²) in [6.45, 7) is 6.19. The van der Waals surface area contributed by atoms with Gasteiger partial charge in [-0.25, -0.2) is 8.42 Å². The summed E-state index contributed by atoms with van der Waals surface area (Å²) in [4.78, 5) is 0.298. The fraction of sp³-hybridized carbons (Fsp3) is 0.727. The lowest BCUT2D eigenvalue weighted by molar-refractivity contribution is 0.341. The second kappa shape index (κ2) is 4.42. The van der Waals surface area contributed by atoms with E-state index in [1.807, 2.05) is 13.8 Å². The molecule has 0 radical (unpaired) electrons. The van der Waals surface area contributed by atoms with Crippen LogP contribution in [0.15, 0.2) is 11.1 Å². The van der Waals surface area contributed by atoms with Gasteiger partial charge in [0.1, 0.15) is 4.90 Å². The summed E-state index contributed by atoms with van der Waals surface area (Å²) in [5, 5.41) is 6.48. The highest BCUT2D eigenvalue weighted by Gasteiger charge is 2.34. The molecule has 1 aromatic rings. The molecule has 1 aliphatic carbocycles. The number of hydrogen-bond acceptors (Lipinski definition) is 3. The van der Waals surface area contributed by atoms with Crippen LogP contribution in [0.2, 0.25) is 0 Å². The quantitative estimate of drug-likeness (QED) is 0.870. The van der Waals surface area contributed by atoms with Gasteiger partial charge in [-0.05, 0) is 39.5 Å². The number of aryl methyl sites for hydroxylation is 1. The Morgan fingerprint density at radius 3 is 2.59 bits per heavy atom. The van der Waals surface area contributed by atoms with Gasteiger partial charge in [-0.3, -0.25) is 5.10 Å². The van der Waals surface area contributed by atoms with Crippen molar-refractivity contribution in [2.75, 3.05) is 6.54 Å². The molecule has 0 spiro atoms. The summed E-state index contributed by atoms with van der Waals surface area (Å²) in [5.41, 5.74) is 0.603. The van der Waals surface area contributed by atoms with Crippen LogP contribution in [-0.4, -0.2) is 35.5 Å². The fourth-order valence-electron chi connectivity index (χ4n) is 1.87. The van der Waals surface area contributed by atoms with Crippen molar-refractivity contribution in [3.05, 3.63) is 11.9 Å². The molecule has 0 saturated heterocycles. The SMILES string of the molecule is Cc1[nH]ncc1S(=O)(=O)N(CC1CC1)C(C)C. The molecule has 1 fully saturated rings. The van der Waals surface area contributed by atoms with Gasteiger partial charge in [0.25, 0.3) is 0 Å². The summed E-state index contributed by atoms with van der Waals surface area (Å²) < 4.78 is 26.6. The normalized spacial score (nSPS) is 17.0. The van der Waals surface area contributed by atoms with Crippen LogP contribution < -0.4 is 0 Å². The third kappa shape index (κ3) is 2.52. The third-order valence-corrected chi connectivity index (χ3v) is 5.24. The van der Waals surface area contributed by atoms with Gasteiger partial charge < -0.3 is 0 Å². The molecule has 5 nitrogen and oxygen atoms in total. The Kier molecular flexibility index (Phi) is 3.27. The fourth-order valence-corrected chi connectivity index (χ4v) is 3.70. The highest BCUT2D eigenvalue weighted by Crippen LogP contribution is 2.32. The molecule has 0 aliphatic heterocycles. The molecule has 0 amide bonds. The predicted molar refractivity (Wildman–Crippen MR) is 65.1 cm³/mol. The van der Waals surface area contributed by atoms with E-state index in [2.05, 4.69) is 10.2 Å². The Bertz CT molecular complexity index is 489. The van der Waals surface area contributed by atoms with Crippen molar-refractivity contribution >= 4 is 10.0 Å². The van der Waals surface area contributed by atoms with Crippen molar-refractivity contribution in [1.29, 1.82) is 0 Å². The molecular weight excluding hydrogens is 238 g/mol. The monoisotopic (exact) mass is 257 g/mol. The zero-order chi connectivity index (χ0) is 12.6. The zero-order valence-corrected chi connectivity index (χ0v) is 11.3. The number of nitrogens with zero attached hydrogens (tertiary/aromatic N) is 2. The summed E-state index contributed by atoms with van der Waals surface area (Å²) >= 11 is 0. The smallest absolute Gasteiger partial charge is 0.246 e. The van der Waals surface area contributed by atoms with Crippen LogP contribution >= 0.6 is 0 Å². The first-order chi connectivity index (χ1) is 7.93. The van der Waals surface area contributed by atoms with E-state index in [0.29, 0.717) is 23.1 Å². The molecule has 2 rings (SSSR count). The number of aromatic nitrogens is 2. The number of rotatable bonds is 5. The van der Waals surface area contributed by atoms with E-state index in [1.165, 1.54) is 6.20 Å². The van der Waals surface area contributed by atoms with Gasteiger partial charge in [-0.1, -0.05) is 0 Å². The maximum atomic E-state index is 12.5. The Hall–Kier alpha value is -0.880. The molecule has 6 heteroatoms. The molecule has 1 heterocycles. The second-order valence-electron chi connectivity index (χ2n) is 4.97. The highest BCUT2D eigenvalue weighted by atomic mass is 32.2. The van der Waals surface area contributed by atoms with E-state index < -0.39 is 10.0 Å². The van der Waals surface area contributed by atoms with Crippen molar-refractivity contribution in [3.8, 4) is 0 Å². The van der Waals surface area contributed by atoms with Crippen LogP contribution in [0, 0.1) is 12.8 Å². The Morgan fingerprint density at radius 1 is 1.53 bits per heavy atom. The standard InChI is InChI=1S/C11H19N3O2S/c1-8(2)14(7-10-4-5-10)17(15,16)11-6-12-13-9(11)3/h6,8,10H,4-5,7H2,1-3H3,(H,12,13). The van der Waals surface area contributed by atoms with Crippen molar-refractivity contribution in [2.24, 2.45) is 5.92 Å². The highest BCUT2D eigenvalue weighted by molar-refractivity contribution is 7.89. The Labute approximate surface area is 102 Å². The third-order valence-electron chi connectivity index (χ3n) is 3.08. The van der Waals surface area contributed by atoms with E-state index in [4.69, 9.17) is 0 Å². The van der Waals surface area contributed by atoms with Crippen molar-refractivity contribution in [2.45, 2.75) is 44.6 Å². The Balaban J connectivity index is 2.30. The van der Waals surface area contributed by atoms with Crippen LogP contribution in [0.5, 0.6) is 0 Å². The first kappa shape index (κ1) is 12.6. The molecule has 0 bridgehead atoms. The molecular formula is C11H19N3O2S. The summed E-state index contributed by atoms with van der Waals surface area (Å²) in [7, 11) is -3.40. The van der Waals surface area contributed by atoms with Crippen LogP contribution in [0.25, 0.3) is 0 Å². The van der Waals surface area contributed by atoms with Crippen LogP contribution in [0.4, 0.5) is 0 Å². The lowest BCUT2D eigenvalue weighted by atomic mass is 10.3. The first-order valence-electron chi connectivity index (χ1n) is 5.94. The van der Waals surface area contributed by atoms with Crippen molar-refractivity contribution < 1.29 is 8.42 Å². The van der Waals surface area contributed by atoms with Gasteiger partial charge in [0.15, 0.2) is 0 Å². The van der Waals surface area contributed by atoms with Gasteiger partial charge in [-0.2, -0.15) is 9.40 Å². The molecule has 1 aromatic heterocycles. The maximum Gasteiger partial charge on any atom is 0.246 e. The molecule has 1 N–H and O–H groups in total. The average Bonchev–Trinajstić information content (AvgIpc) is 2.95. The number of aromatic amines is 1. The number of H-pyrrole nitrogens is 1. The number of hydrogen-bond donors (Lipinski definition) is 1. The van der Waals surface area contributed by atoms with E-state index in [1.54, 1.807) is 11.2 Å². The molecule has 1 aliphatic rings. The zero-order valence-electron chi connectivity index (χ0n) is 10.5. The minimum atomic E-state index is -3.40. The van der Waals surface area contributed by atoms with Gasteiger partial charge in [0, 0.05) is 12.6 Å². The topological polar surface area (TPSA) is 66.1 Å². The van der Waals surface area contributed by atoms with Gasteiger partial charge in [-0.15, -0.1) is 0 Å². The summed E-state index contributed by atoms with van der Waals surface area (Å²) in [6, 6.07) is -0.0186. The predicted octanol–water partition coefficient (Wildman–Crippen LogP) is 1.53. The molecule has 0 atom stereocenters. The minimum Gasteiger partial charge on any atom is -0.281 e. The van der Waals surface area contributed by atoms with Gasteiger partial charge >= 0.3 is 0 Å². The minimum absolute atomic E-state index is 0.0186. The average molecular weight is 257 g/mol. The van der Waals surface area contributed by atoms with Crippen LogP contribution in [0.3, 0.4) is 0 Å². The van der Waals surface area contributed by atoms with Crippen LogP contribution in [-0.2, 0) is 10.0 Å². The number of sulfonamides is 1. The van der Waals surface area contributed by atoms with Crippen molar-refractivity contribution in [1.82, 2.24) is 14.5 Å². The van der Waals surface area contributed by atoms with Gasteiger partial charge in [0.2, 0.25) is 10.0 Å². The first-order valence-corrected chi connectivity index (χ1v) is 7.38. The second-order valence-corrected chi connectivity index (χ2v) is 6.83. The van der Waals surface area contributed by atoms with E-state index >= 15 is 0 Å². The lowest BCUT2D eigenvalue weighted by Gasteiger charge is -2.25. The lowest BCUT2D eigenvalue weighted by Crippen LogP contribution is -2.38. The molecule has 1 saturated carbocycles. The van der Waals surface area contributed by atoms with Gasteiger partial charge in [0.05, 0.1) is 11.9 Å². The van der Waals surface area contributed by atoms with Crippen LogP contribution in [0.1, 0.15) is 32.4 Å². The summed E-state index contributed by atoms with van der Waals surface area (Å²) in [6.07, 6.45) is 3.68. The molecule has 0 aromatic carbocycles. The van der Waals surface area contributed by atoms with Crippen molar-refractivity contribution in [3.63, 3.8) is 0 Å². The molecule has 0 unspecified atom stereocenters. The largest absolute Gasteiger partial charge is 0.281 e. The Morgan fingerprint density at radius 2 is 2.18 bits per heavy atom. The van der Waals surface area contributed by atoms with E-state index in [9.17, 15) is 8.42 Å². The van der Waals surface area contributed by atoms with E-state index in [-0.39, 0.29) is 6.04 Å². The molecule has 17 heavy (non-hydrogen) atoms.